The number of allylic oxidation sites excluding steroid dienone is 1. The van der Waals surface area contributed by atoms with Gasteiger partial charge in [-0.1, -0.05) is 37.6 Å². The summed E-state index contributed by atoms with van der Waals surface area (Å²) < 4.78 is 4.86. The summed E-state index contributed by atoms with van der Waals surface area (Å²) in [4.78, 5) is 23.1. The Labute approximate surface area is 119 Å². The van der Waals surface area contributed by atoms with Crippen molar-refractivity contribution in [1.82, 2.24) is 0 Å². The number of amides is 1. The second-order valence-corrected chi connectivity index (χ2v) is 5.12. The summed E-state index contributed by atoms with van der Waals surface area (Å²) in [6, 6.07) is 7.59. The van der Waals surface area contributed by atoms with Crippen LogP contribution in [-0.2, 0) is 14.3 Å². The third-order valence-electron chi connectivity index (χ3n) is 2.61. The van der Waals surface area contributed by atoms with Gasteiger partial charge in [0.2, 0.25) is 0 Å². The molecule has 0 saturated heterocycles. The molecule has 0 aliphatic heterocycles. The maximum Gasteiger partial charge on any atom is 0.331 e. The minimum atomic E-state index is -0.503. The van der Waals surface area contributed by atoms with Crippen LogP contribution in [0.25, 0.3) is 0 Å². The minimum Gasteiger partial charge on any atom is -0.452 e. The number of benzene rings is 1. The van der Waals surface area contributed by atoms with Crippen LogP contribution in [0.5, 0.6) is 0 Å². The Bertz CT molecular complexity index is 514. The fraction of sp³-hybridized carbons (Fsp3) is 0.375. The summed E-state index contributed by atoms with van der Waals surface area (Å²) in [5, 5.41) is 2.76. The van der Waals surface area contributed by atoms with Gasteiger partial charge >= 0.3 is 5.97 Å². The van der Waals surface area contributed by atoms with Crippen LogP contribution in [0.4, 0.5) is 5.69 Å². The maximum absolute atomic E-state index is 11.8. The average molecular weight is 275 g/mol. The van der Waals surface area contributed by atoms with Gasteiger partial charge in [0.25, 0.3) is 5.91 Å². The van der Waals surface area contributed by atoms with E-state index in [1.165, 1.54) is 6.08 Å². The van der Waals surface area contributed by atoms with Crippen molar-refractivity contribution in [3.63, 3.8) is 0 Å². The predicted octanol–water partition coefficient (Wildman–Crippen LogP) is 3.26. The second-order valence-electron chi connectivity index (χ2n) is 5.12. The molecule has 0 atom stereocenters. The predicted molar refractivity (Wildman–Crippen MR) is 79.6 cm³/mol. The Kier molecular flexibility index (Phi) is 5.97. The molecule has 0 aromatic heterocycles. The van der Waals surface area contributed by atoms with Crippen molar-refractivity contribution in [3.8, 4) is 0 Å². The van der Waals surface area contributed by atoms with E-state index in [4.69, 9.17) is 4.74 Å². The molecule has 0 fully saturated rings. The van der Waals surface area contributed by atoms with E-state index in [1.54, 1.807) is 13.8 Å². The van der Waals surface area contributed by atoms with Gasteiger partial charge in [-0.2, -0.15) is 0 Å². The number of carbonyl (C=O) groups excluding carboxylic acids is 2. The van der Waals surface area contributed by atoms with E-state index in [0.717, 1.165) is 16.8 Å². The molecule has 1 amide bonds. The molecule has 4 nitrogen and oxygen atoms in total. The van der Waals surface area contributed by atoms with Crippen LogP contribution in [-0.4, -0.2) is 18.5 Å². The fourth-order valence-corrected chi connectivity index (χ4v) is 1.71. The second kappa shape index (κ2) is 7.48. The van der Waals surface area contributed by atoms with E-state index in [9.17, 15) is 9.59 Å². The smallest absolute Gasteiger partial charge is 0.331 e. The molecule has 20 heavy (non-hydrogen) atoms. The summed E-state index contributed by atoms with van der Waals surface area (Å²) in [5.74, 6) is -0.536. The number of para-hydroxylation sites is 1. The number of esters is 1. The Morgan fingerprint density at radius 3 is 2.50 bits per heavy atom. The highest BCUT2D eigenvalue weighted by atomic mass is 16.5. The maximum atomic E-state index is 11.8. The number of rotatable bonds is 5. The fourth-order valence-electron chi connectivity index (χ4n) is 1.71. The number of nitrogens with one attached hydrogen (secondary N) is 1. The van der Waals surface area contributed by atoms with Crippen LogP contribution in [0, 0.1) is 0 Å². The molecule has 1 rings (SSSR count). The zero-order chi connectivity index (χ0) is 15.1. The number of ether oxygens (including phenoxy) is 1. The van der Waals surface area contributed by atoms with Crippen molar-refractivity contribution in [3.05, 3.63) is 41.5 Å². The molecule has 0 aliphatic rings. The van der Waals surface area contributed by atoms with Crippen molar-refractivity contribution in [1.29, 1.82) is 0 Å². The molecule has 0 bridgehead atoms. The lowest BCUT2D eigenvalue weighted by atomic mass is 10.0. The number of hydrogen-bond acceptors (Lipinski definition) is 3. The van der Waals surface area contributed by atoms with Crippen LogP contribution < -0.4 is 5.32 Å². The summed E-state index contributed by atoms with van der Waals surface area (Å²) in [5.41, 5.74) is 2.64. The highest BCUT2D eigenvalue weighted by Gasteiger charge is 2.10. The van der Waals surface area contributed by atoms with Gasteiger partial charge in [-0.05, 0) is 31.4 Å². The molecule has 0 radical (unpaired) electrons. The number of anilines is 1. The molecular formula is C16H21NO3. The van der Waals surface area contributed by atoms with Gasteiger partial charge < -0.3 is 10.1 Å². The molecule has 108 valence electrons. The average Bonchev–Trinajstić information content (AvgIpc) is 2.36. The van der Waals surface area contributed by atoms with Crippen LogP contribution >= 0.6 is 0 Å². The van der Waals surface area contributed by atoms with Gasteiger partial charge in [0.15, 0.2) is 6.61 Å². The normalized spacial score (nSPS) is 10.1. The first kappa shape index (κ1) is 16.0. The zero-order valence-corrected chi connectivity index (χ0v) is 12.4. The molecule has 0 heterocycles. The summed E-state index contributed by atoms with van der Waals surface area (Å²) in [6.07, 6.45) is 1.36. The quantitative estimate of drug-likeness (QED) is 0.663. The van der Waals surface area contributed by atoms with Gasteiger partial charge in [-0.25, -0.2) is 4.79 Å². The van der Waals surface area contributed by atoms with Crippen molar-refractivity contribution < 1.29 is 14.3 Å². The van der Waals surface area contributed by atoms with Gasteiger partial charge in [0.1, 0.15) is 0 Å². The molecule has 4 heteroatoms. The van der Waals surface area contributed by atoms with E-state index in [1.807, 2.05) is 24.3 Å². The van der Waals surface area contributed by atoms with E-state index >= 15 is 0 Å². The highest BCUT2D eigenvalue weighted by molar-refractivity contribution is 5.94. The molecule has 0 aliphatic carbocycles. The third-order valence-corrected chi connectivity index (χ3v) is 2.61. The van der Waals surface area contributed by atoms with Gasteiger partial charge in [0, 0.05) is 11.8 Å². The van der Waals surface area contributed by atoms with Crippen molar-refractivity contribution >= 4 is 17.6 Å². The lowest BCUT2D eigenvalue weighted by Gasteiger charge is -2.13. The Hall–Kier alpha value is -2.10. The standard InChI is InChI=1S/C16H21NO3/c1-11(2)9-16(19)20-10-15(18)17-14-8-6-5-7-13(14)12(3)4/h5-9,12H,10H2,1-4H3,(H,17,18). The molecule has 0 spiro atoms. The topological polar surface area (TPSA) is 55.4 Å². The lowest BCUT2D eigenvalue weighted by Crippen LogP contribution is -2.21. The van der Waals surface area contributed by atoms with Crippen LogP contribution in [0.1, 0.15) is 39.2 Å². The van der Waals surface area contributed by atoms with E-state index in [2.05, 4.69) is 19.2 Å². The summed E-state index contributed by atoms with van der Waals surface area (Å²) >= 11 is 0. The number of carbonyl (C=O) groups is 2. The lowest BCUT2D eigenvalue weighted by molar-refractivity contribution is -0.142. The first-order valence-electron chi connectivity index (χ1n) is 6.60. The number of hydrogen-bond donors (Lipinski definition) is 1. The molecule has 1 aromatic rings. The molecule has 0 saturated carbocycles. The Morgan fingerprint density at radius 2 is 1.90 bits per heavy atom. The molecule has 1 N–H and O–H groups in total. The van der Waals surface area contributed by atoms with Crippen LogP contribution in [0.2, 0.25) is 0 Å². The van der Waals surface area contributed by atoms with Crippen molar-refractivity contribution in [2.75, 3.05) is 11.9 Å². The summed E-state index contributed by atoms with van der Waals surface area (Å²) in [7, 11) is 0. The SMILES string of the molecule is CC(C)=CC(=O)OCC(=O)Nc1ccccc1C(C)C. The Morgan fingerprint density at radius 1 is 1.25 bits per heavy atom. The minimum absolute atomic E-state index is 0.283. The third kappa shape index (κ3) is 5.26. The molecule has 0 unspecified atom stereocenters. The van der Waals surface area contributed by atoms with E-state index in [0.29, 0.717) is 5.92 Å². The first-order valence-corrected chi connectivity index (χ1v) is 6.60. The zero-order valence-electron chi connectivity index (χ0n) is 12.4. The summed E-state index contributed by atoms with van der Waals surface area (Å²) in [6.45, 7) is 7.41. The van der Waals surface area contributed by atoms with Gasteiger partial charge in [0.05, 0.1) is 0 Å². The van der Waals surface area contributed by atoms with Gasteiger partial charge in [-0.3, -0.25) is 4.79 Å². The highest BCUT2D eigenvalue weighted by Crippen LogP contribution is 2.23. The van der Waals surface area contributed by atoms with E-state index in [-0.39, 0.29) is 12.5 Å². The van der Waals surface area contributed by atoms with E-state index < -0.39 is 5.97 Å². The van der Waals surface area contributed by atoms with Crippen molar-refractivity contribution in [2.24, 2.45) is 0 Å². The monoisotopic (exact) mass is 275 g/mol. The van der Waals surface area contributed by atoms with Crippen LogP contribution in [0.3, 0.4) is 0 Å². The van der Waals surface area contributed by atoms with Gasteiger partial charge in [-0.15, -0.1) is 0 Å². The largest absolute Gasteiger partial charge is 0.452 e. The van der Waals surface area contributed by atoms with Crippen molar-refractivity contribution in [2.45, 2.75) is 33.6 Å². The molecular weight excluding hydrogens is 254 g/mol. The Balaban J connectivity index is 2.59. The molecule has 1 aromatic carbocycles. The first-order chi connectivity index (χ1) is 9.40. The van der Waals surface area contributed by atoms with Crippen LogP contribution in [0.15, 0.2) is 35.9 Å².